The number of hydrogen-bond acceptors (Lipinski definition) is 5. The van der Waals surface area contributed by atoms with Crippen LogP contribution in [0.4, 0.5) is 5.95 Å². The first-order valence-electron chi connectivity index (χ1n) is 7.32. The number of benzene rings is 1. The number of rotatable bonds is 5. The molecule has 1 amide bonds. The molecule has 0 unspecified atom stereocenters. The Morgan fingerprint density at radius 1 is 1.18 bits per heavy atom. The molecule has 6 nitrogen and oxygen atoms in total. The molecule has 0 aliphatic carbocycles. The molecule has 0 spiro atoms. The van der Waals surface area contributed by atoms with Crippen LogP contribution in [0.15, 0.2) is 42.7 Å². The Balaban J connectivity index is 1.43. The molecule has 2 N–H and O–H groups in total. The van der Waals surface area contributed by atoms with Gasteiger partial charge >= 0.3 is 0 Å². The van der Waals surface area contributed by atoms with Gasteiger partial charge in [-0.15, -0.1) is 0 Å². The summed E-state index contributed by atoms with van der Waals surface area (Å²) in [6.07, 6.45) is 4.06. The molecule has 0 radical (unpaired) electrons. The third-order valence-corrected chi connectivity index (χ3v) is 3.52. The van der Waals surface area contributed by atoms with Crippen molar-refractivity contribution in [3.05, 3.63) is 48.3 Å². The minimum absolute atomic E-state index is 0.0188. The number of ether oxygens (including phenoxy) is 1. The topological polar surface area (TPSA) is 76.1 Å². The van der Waals surface area contributed by atoms with Crippen molar-refractivity contribution in [1.82, 2.24) is 15.3 Å². The Morgan fingerprint density at radius 3 is 2.86 bits per heavy atom. The lowest BCUT2D eigenvalue weighted by atomic mass is 9.96. The number of fused-ring (bicyclic) bond motifs is 1. The zero-order valence-electron chi connectivity index (χ0n) is 12.2. The summed E-state index contributed by atoms with van der Waals surface area (Å²) < 4.78 is 5.64. The largest absolute Gasteiger partial charge is 0.492 e. The monoisotopic (exact) mass is 298 g/mol. The van der Waals surface area contributed by atoms with Crippen molar-refractivity contribution in [2.45, 2.75) is 6.42 Å². The van der Waals surface area contributed by atoms with Gasteiger partial charge in [-0.25, -0.2) is 9.97 Å². The van der Waals surface area contributed by atoms with E-state index in [0.29, 0.717) is 25.6 Å². The maximum Gasteiger partial charge on any atom is 0.226 e. The van der Waals surface area contributed by atoms with Crippen molar-refractivity contribution in [1.29, 1.82) is 0 Å². The Morgan fingerprint density at radius 2 is 2.00 bits per heavy atom. The Labute approximate surface area is 128 Å². The number of aromatic nitrogens is 2. The SMILES string of the molecule is O=C(NCCNc1ncccn1)[C@H]1COc2ccccc2C1. The van der Waals surface area contributed by atoms with E-state index in [4.69, 9.17) is 4.74 Å². The molecule has 1 aliphatic heterocycles. The van der Waals surface area contributed by atoms with Crippen LogP contribution in [0.3, 0.4) is 0 Å². The summed E-state index contributed by atoms with van der Waals surface area (Å²) in [5.41, 5.74) is 1.09. The van der Waals surface area contributed by atoms with Crippen LogP contribution in [0.5, 0.6) is 5.75 Å². The van der Waals surface area contributed by atoms with Crippen molar-refractivity contribution in [2.24, 2.45) is 5.92 Å². The fourth-order valence-corrected chi connectivity index (χ4v) is 2.39. The molecule has 1 aliphatic rings. The molecule has 0 saturated carbocycles. The van der Waals surface area contributed by atoms with Crippen LogP contribution >= 0.6 is 0 Å². The van der Waals surface area contributed by atoms with Crippen LogP contribution < -0.4 is 15.4 Å². The van der Waals surface area contributed by atoms with E-state index in [1.807, 2.05) is 24.3 Å². The summed E-state index contributed by atoms with van der Waals surface area (Å²) in [6, 6.07) is 9.60. The van der Waals surface area contributed by atoms with E-state index in [2.05, 4.69) is 20.6 Å². The van der Waals surface area contributed by atoms with Crippen molar-refractivity contribution in [3.8, 4) is 5.75 Å². The van der Waals surface area contributed by atoms with Crippen LogP contribution in [0.1, 0.15) is 5.56 Å². The second kappa shape index (κ2) is 6.89. The molecule has 1 aromatic carbocycles. The number of carbonyl (C=O) groups is 1. The number of para-hydroxylation sites is 1. The zero-order chi connectivity index (χ0) is 15.2. The normalized spacial score (nSPS) is 16.3. The molecule has 0 fully saturated rings. The fraction of sp³-hybridized carbons (Fsp3) is 0.312. The zero-order valence-corrected chi connectivity index (χ0v) is 12.2. The van der Waals surface area contributed by atoms with Crippen LogP contribution in [0.2, 0.25) is 0 Å². The number of hydrogen-bond donors (Lipinski definition) is 2. The van der Waals surface area contributed by atoms with Gasteiger partial charge in [0, 0.05) is 25.5 Å². The maximum atomic E-state index is 12.2. The van der Waals surface area contributed by atoms with E-state index in [-0.39, 0.29) is 11.8 Å². The first-order valence-corrected chi connectivity index (χ1v) is 7.32. The first kappa shape index (κ1) is 14.3. The van der Waals surface area contributed by atoms with E-state index in [0.717, 1.165) is 17.7 Å². The summed E-state index contributed by atoms with van der Waals surface area (Å²) in [5.74, 6) is 1.33. The van der Waals surface area contributed by atoms with E-state index in [1.54, 1.807) is 18.5 Å². The standard InChI is InChI=1S/C16H18N4O2/c21-15(17-8-9-20-16-18-6-3-7-19-16)13-10-12-4-1-2-5-14(12)22-11-13/h1-7,13H,8-11H2,(H,17,21)(H,18,19,20)/t13-/m1/s1. The number of nitrogens with one attached hydrogen (secondary N) is 2. The first-order chi connectivity index (χ1) is 10.8. The smallest absolute Gasteiger partial charge is 0.226 e. The highest BCUT2D eigenvalue weighted by Crippen LogP contribution is 2.26. The minimum atomic E-state index is -0.136. The van der Waals surface area contributed by atoms with Gasteiger partial charge in [-0.1, -0.05) is 18.2 Å². The van der Waals surface area contributed by atoms with Crippen LogP contribution in [0.25, 0.3) is 0 Å². The second-order valence-electron chi connectivity index (χ2n) is 5.11. The quantitative estimate of drug-likeness (QED) is 0.813. The Bertz CT molecular complexity index is 633. The lowest BCUT2D eigenvalue weighted by molar-refractivity contribution is -0.126. The summed E-state index contributed by atoms with van der Waals surface area (Å²) in [6.45, 7) is 1.53. The fourth-order valence-electron chi connectivity index (χ4n) is 2.39. The molecule has 2 heterocycles. The van der Waals surface area contributed by atoms with Gasteiger partial charge in [0.1, 0.15) is 12.4 Å². The lowest BCUT2D eigenvalue weighted by Crippen LogP contribution is -2.39. The third kappa shape index (κ3) is 3.52. The van der Waals surface area contributed by atoms with Crippen molar-refractivity contribution < 1.29 is 9.53 Å². The van der Waals surface area contributed by atoms with E-state index in [9.17, 15) is 4.79 Å². The van der Waals surface area contributed by atoms with Gasteiger partial charge in [-0.3, -0.25) is 4.79 Å². The highest BCUT2D eigenvalue weighted by atomic mass is 16.5. The lowest BCUT2D eigenvalue weighted by Gasteiger charge is -2.24. The number of nitrogens with zero attached hydrogens (tertiary/aromatic N) is 2. The molecule has 6 heteroatoms. The van der Waals surface area contributed by atoms with Crippen molar-refractivity contribution in [2.75, 3.05) is 25.0 Å². The van der Waals surface area contributed by atoms with E-state index < -0.39 is 0 Å². The summed E-state index contributed by atoms with van der Waals surface area (Å²) in [7, 11) is 0. The number of anilines is 1. The van der Waals surface area contributed by atoms with Gasteiger partial charge in [0.05, 0.1) is 5.92 Å². The van der Waals surface area contributed by atoms with Crippen LogP contribution in [0, 0.1) is 5.92 Å². The average molecular weight is 298 g/mol. The molecule has 3 rings (SSSR count). The molecule has 0 bridgehead atoms. The predicted molar refractivity (Wildman–Crippen MR) is 82.7 cm³/mol. The number of carbonyl (C=O) groups excluding carboxylic acids is 1. The van der Waals surface area contributed by atoms with Gasteiger partial charge in [-0.2, -0.15) is 0 Å². The van der Waals surface area contributed by atoms with Gasteiger partial charge in [0.2, 0.25) is 11.9 Å². The molecule has 2 aromatic rings. The second-order valence-corrected chi connectivity index (χ2v) is 5.11. The van der Waals surface area contributed by atoms with Gasteiger partial charge in [0.15, 0.2) is 0 Å². The summed E-state index contributed by atoms with van der Waals surface area (Å²) in [4.78, 5) is 20.3. The Kier molecular flexibility index (Phi) is 4.48. The van der Waals surface area contributed by atoms with Crippen molar-refractivity contribution >= 4 is 11.9 Å². The highest BCUT2D eigenvalue weighted by Gasteiger charge is 2.25. The highest BCUT2D eigenvalue weighted by molar-refractivity contribution is 5.79. The maximum absolute atomic E-state index is 12.2. The van der Waals surface area contributed by atoms with E-state index >= 15 is 0 Å². The molecule has 1 aromatic heterocycles. The van der Waals surface area contributed by atoms with Crippen LogP contribution in [-0.4, -0.2) is 35.6 Å². The molecule has 1 atom stereocenters. The van der Waals surface area contributed by atoms with E-state index in [1.165, 1.54) is 0 Å². The average Bonchev–Trinajstić information content (AvgIpc) is 2.59. The Hall–Kier alpha value is -2.63. The third-order valence-electron chi connectivity index (χ3n) is 3.52. The molecule has 22 heavy (non-hydrogen) atoms. The minimum Gasteiger partial charge on any atom is -0.492 e. The molecule has 114 valence electrons. The van der Waals surface area contributed by atoms with Crippen LogP contribution in [-0.2, 0) is 11.2 Å². The predicted octanol–water partition coefficient (Wildman–Crippen LogP) is 1.26. The molecule has 0 saturated heterocycles. The number of amides is 1. The van der Waals surface area contributed by atoms with Crippen molar-refractivity contribution in [3.63, 3.8) is 0 Å². The summed E-state index contributed by atoms with van der Waals surface area (Å²) >= 11 is 0. The van der Waals surface area contributed by atoms with Gasteiger partial charge < -0.3 is 15.4 Å². The van der Waals surface area contributed by atoms with Gasteiger partial charge in [0.25, 0.3) is 0 Å². The molecular weight excluding hydrogens is 280 g/mol. The summed E-state index contributed by atoms with van der Waals surface area (Å²) in [5, 5.41) is 5.97. The van der Waals surface area contributed by atoms with Gasteiger partial charge in [-0.05, 0) is 24.1 Å². The molecular formula is C16H18N4O2.